The smallest absolute Gasteiger partial charge is 0.0794 e. The fourth-order valence-corrected chi connectivity index (χ4v) is 3.54. The predicted octanol–water partition coefficient (Wildman–Crippen LogP) is 2.25. The van der Waals surface area contributed by atoms with Crippen LogP contribution >= 0.6 is 11.3 Å². The van der Waals surface area contributed by atoms with Crippen LogP contribution in [0.15, 0.2) is 36.0 Å². The number of hydrogen-bond acceptors (Lipinski definition) is 4. The van der Waals surface area contributed by atoms with E-state index < -0.39 is 0 Å². The summed E-state index contributed by atoms with van der Waals surface area (Å²) in [5, 5.41) is 0. The molecule has 4 heteroatoms. The molecule has 0 saturated heterocycles. The average Bonchev–Trinajstić information content (AvgIpc) is 3.05. The van der Waals surface area contributed by atoms with Gasteiger partial charge in [-0.3, -0.25) is 16.3 Å². The molecule has 18 heavy (non-hydrogen) atoms. The van der Waals surface area contributed by atoms with E-state index in [1.807, 2.05) is 11.7 Å². The Balaban J connectivity index is 1.81. The number of rotatable bonds is 4. The van der Waals surface area contributed by atoms with Crippen molar-refractivity contribution < 1.29 is 0 Å². The summed E-state index contributed by atoms with van der Waals surface area (Å²) in [6.45, 7) is 0. The van der Waals surface area contributed by atoms with Crippen LogP contribution in [-0.2, 0) is 12.8 Å². The van der Waals surface area contributed by atoms with Gasteiger partial charge in [0.25, 0.3) is 0 Å². The summed E-state index contributed by atoms with van der Waals surface area (Å²) in [6, 6.07) is 9.01. The molecule has 2 unspecified atom stereocenters. The summed E-state index contributed by atoms with van der Waals surface area (Å²) < 4.78 is 0. The Kier molecular flexibility index (Phi) is 3.41. The Bertz CT molecular complexity index is 510. The van der Waals surface area contributed by atoms with Gasteiger partial charge in [-0.2, -0.15) is 0 Å². The molecule has 3 rings (SSSR count). The van der Waals surface area contributed by atoms with Crippen molar-refractivity contribution >= 4 is 11.3 Å². The number of benzene rings is 1. The van der Waals surface area contributed by atoms with Crippen molar-refractivity contribution in [3.8, 4) is 0 Å². The Hall–Kier alpha value is -1.23. The highest BCUT2D eigenvalue weighted by Crippen LogP contribution is 2.36. The highest BCUT2D eigenvalue weighted by molar-refractivity contribution is 7.09. The monoisotopic (exact) mass is 259 g/mol. The molecule has 1 heterocycles. The maximum absolute atomic E-state index is 5.76. The molecule has 94 valence electrons. The molecule has 0 amide bonds. The number of thiazole rings is 1. The minimum absolute atomic E-state index is 0.300. The molecule has 3 nitrogen and oxygen atoms in total. The molecule has 1 aliphatic rings. The van der Waals surface area contributed by atoms with Crippen LogP contribution in [0.25, 0.3) is 0 Å². The number of hydrogen-bond donors (Lipinski definition) is 2. The molecule has 0 spiro atoms. The molecule has 2 atom stereocenters. The first kappa shape index (κ1) is 11.8. The number of nitrogens with zero attached hydrogens (tertiary/aromatic N) is 1. The van der Waals surface area contributed by atoms with Gasteiger partial charge in [-0.25, -0.2) is 0 Å². The van der Waals surface area contributed by atoms with Gasteiger partial charge in [0.15, 0.2) is 0 Å². The summed E-state index contributed by atoms with van der Waals surface area (Å²) in [7, 11) is 0. The number of nitrogens with one attached hydrogen (secondary N) is 1. The van der Waals surface area contributed by atoms with Gasteiger partial charge < -0.3 is 0 Å². The first-order chi connectivity index (χ1) is 8.88. The highest BCUT2D eigenvalue weighted by Gasteiger charge is 2.29. The van der Waals surface area contributed by atoms with Crippen molar-refractivity contribution in [3.05, 3.63) is 52.0 Å². The summed E-state index contributed by atoms with van der Waals surface area (Å²) >= 11 is 1.70. The quantitative estimate of drug-likeness (QED) is 0.654. The van der Waals surface area contributed by atoms with Crippen molar-refractivity contribution in [2.75, 3.05) is 0 Å². The molecule has 0 saturated carbocycles. The number of nitrogens with two attached hydrogens (primary N) is 1. The van der Waals surface area contributed by atoms with Crippen LogP contribution < -0.4 is 11.3 Å². The van der Waals surface area contributed by atoms with Crippen LogP contribution in [0.2, 0.25) is 0 Å². The lowest BCUT2D eigenvalue weighted by Crippen LogP contribution is -2.40. The molecule has 0 radical (unpaired) electrons. The Morgan fingerprint density at radius 2 is 2.33 bits per heavy atom. The summed E-state index contributed by atoms with van der Waals surface area (Å²) in [4.78, 5) is 5.42. The average molecular weight is 259 g/mol. The summed E-state index contributed by atoms with van der Waals surface area (Å²) in [5.41, 5.74) is 7.82. The lowest BCUT2D eigenvalue weighted by molar-refractivity contribution is 0.436. The fourth-order valence-electron chi connectivity index (χ4n) is 2.89. The van der Waals surface area contributed by atoms with Crippen molar-refractivity contribution in [1.82, 2.24) is 10.4 Å². The zero-order valence-corrected chi connectivity index (χ0v) is 11.0. The fraction of sp³-hybridized carbons (Fsp3) is 0.357. The van der Waals surface area contributed by atoms with Gasteiger partial charge >= 0.3 is 0 Å². The van der Waals surface area contributed by atoms with Crippen molar-refractivity contribution in [2.24, 2.45) is 5.84 Å². The third-order valence-electron chi connectivity index (χ3n) is 3.78. The first-order valence-electron chi connectivity index (χ1n) is 6.30. The molecule has 0 bridgehead atoms. The second-order valence-electron chi connectivity index (χ2n) is 4.79. The number of fused-ring (bicyclic) bond motifs is 1. The maximum atomic E-state index is 5.76. The molecule has 0 fully saturated rings. The maximum Gasteiger partial charge on any atom is 0.0794 e. The van der Waals surface area contributed by atoms with Crippen LogP contribution in [-0.4, -0.2) is 11.0 Å². The van der Waals surface area contributed by atoms with Gasteiger partial charge in [-0.05, 0) is 24.0 Å². The molecule has 1 aromatic carbocycles. The van der Waals surface area contributed by atoms with Gasteiger partial charge in [-0.15, -0.1) is 11.3 Å². The molecular formula is C14H17N3S. The second-order valence-corrected chi connectivity index (χ2v) is 5.76. The van der Waals surface area contributed by atoms with Gasteiger partial charge in [0, 0.05) is 29.5 Å². The lowest BCUT2D eigenvalue weighted by Gasteiger charge is -2.23. The van der Waals surface area contributed by atoms with Crippen molar-refractivity contribution in [1.29, 1.82) is 0 Å². The first-order valence-corrected chi connectivity index (χ1v) is 7.17. The van der Waals surface area contributed by atoms with Crippen LogP contribution in [0.3, 0.4) is 0 Å². The third kappa shape index (κ3) is 2.19. The Labute approximate surface area is 111 Å². The van der Waals surface area contributed by atoms with Crippen LogP contribution in [0.1, 0.15) is 28.3 Å². The number of aryl methyl sites for hydroxylation is 1. The second kappa shape index (κ2) is 5.18. The summed E-state index contributed by atoms with van der Waals surface area (Å²) in [6.07, 6.45) is 5.25. The largest absolute Gasteiger partial charge is 0.271 e. The van der Waals surface area contributed by atoms with Crippen LogP contribution in [0.5, 0.6) is 0 Å². The van der Waals surface area contributed by atoms with E-state index in [4.69, 9.17) is 5.84 Å². The number of aromatic nitrogens is 1. The van der Waals surface area contributed by atoms with Gasteiger partial charge in [0.2, 0.25) is 0 Å². The highest BCUT2D eigenvalue weighted by atomic mass is 32.1. The van der Waals surface area contributed by atoms with E-state index >= 15 is 0 Å². The van der Waals surface area contributed by atoms with E-state index in [1.54, 1.807) is 11.3 Å². The molecular weight excluding hydrogens is 242 g/mol. The number of hydrazine groups is 1. The zero-order chi connectivity index (χ0) is 12.4. The zero-order valence-electron chi connectivity index (χ0n) is 10.2. The standard InChI is InChI=1S/C14H17N3S/c15-17-14(7-11-8-16-9-18-11)13-6-5-10-3-1-2-4-12(10)13/h1-4,8-9,13-14,17H,5-7,15H2. The van der Waals surface area contributed by atoms with Gasteiger partial charge in [0.1, 0.15) is 0 Å². The normalized spacial score (nSPS) is 19.7. The van der Waals surface area contributed by atoms with E-state index in [0.717, 1.165) is 6.42 Å². The Morgan fingerprint density at radius 1 is 1.44 bits per heavy atom. The topological polar surface area (TPSA) is 50.9 Å². The van der Waals surface area contributed by atoms with Crippen LogP contribution in [0, 0.1) is 0 Å². The van der Waals surface area contributed by atoms with E-state index in [9.17, 15) is 0 Å². The minimum atomic E-state index is 0.300. The van der Waals surface area contributed by atoms with E-state index in [-0.39, 0.29) is 0 Å². The Morgan fingerprint density at radius 3 is 3.11 bits per heavy atom. The molecule has 1 aliphatic carbocycles. The molecule has 3 N–H and O–H groups in total. The van der Waals surface area contributed by atoms with E-state index in [2.05, 4.69) is 34.7 Å². The lowest BCUT2D eigenvalue weighted by atomic mass is 9.91. The molecule has 1 aromatic heterocycles. The van der Waals surface area contributed by atoms with Crippen LogP contribution in [0.4, 0.5) is 0 Å². The molecule has 0 aliphatic heterocycles. The minimum Gasteiger partial charge on any atom is -0.271 e. The summed E-state index contributed by atoms with van der Waals surface area (Å²) in [5.74, 6) is 6.28. The van der Waals surface area contributed by atoms with Gasteiger partial charge in [-0.1, -0.05) is 24.3 Å². The SMILES string of the molecule is NNC(Cc1cncs1)C1CCc2ccccc21. The third-order valence-corrected chi connectivity index (χ3v) is 4.59. The van der Waals surface area contributed by atoms with Gasteiger partial charge in [0.05, 0.1) is 5.51 Å². The van der Waals surface area contributed by atoms with E-state index in [1.165, 1.54) is 28.8 Å². The van der Waals surface area contributed by atoms with Crippen molar-refractivity contribution in [2.45, 2.75) is 31.2 Å². The predicted molar refractivity (Wildman–Crippen MR) is 74.4 cm³/mol. The van der Waals surface area contributed by atoms with E-state index in [0.29, 0.717) is 12.0 Å². The van der Waals surface area contributed by atoms with Crippen molar-refractivity contribution in [3.63, 3.8) is 0 Å². The molecule has 2 aromatic rings.